The summed E-state index contributed by atoms with van der Waals surface area (Å²) in [6.45, 7) is 0. The zero-order valence-electron chi connectivity index (χ0n) is 6.97. The van der Waals surface area contributed by atoms with Crippen molar-refractivity contribution < 1.29 is 21.7 Å². The lowest BCUT2D eigenvalue weighted by molar-refractivity contribution is -0.659. The first-order chi connectivity index (χ1) is 5.97. The Morgan fingerprint density at radius 2 is 1.69 bits per heavy atom. The van der Waals surface area contributed by atoms with Gasteiger partial charge in [-0.2, -0.15) is 0 Å². The standard InChI is InChI=1S/C10H9N2.BrH/c1-2-6-10(7-3-1)12-9-5-4-8-11-12;/h1-9H;1H/q+1;/p-1. The van der Waals surface area contributed by atoms with Crippen molar-refractivity contribution >= 4 is 0 Å². The van der Waals surface area contributed by atoms with Gasteiger partial charge in [0.25, 0.3) is 0 Å². The molecule has 0 amide bonds. The monoisotopic (exact) mass is 236 g/mol. The number of nitrogens with zero attached hydrogens (tertiary/aromatic N) is 2. The van der Waals surface area contributed by atoms with Crippen molar-refractivity contribution in [3.63, 3.8) is 0 Å². The summed E-state index contributed by atoms with van der Waals surface area (Å²) < 4.78 is 1.83. The molecule has 2 rings (SSSR count). The second-order valence-corrected chi connectivity index (χ2v) is 2.48. The third kappa shape index (κ3) is 2.36. The second-order valence-electron chi connectivity index (χ2n) is 2.48. The molecule has 13 heavy (non-hydrogen) atoms. The average molecular weight is 237 g/mol. The van der Waals surface area contributed by atoms with Gasteiger partial charge in [0.15, 0.2) is 0 Å². The van der Waals surface area contributed by atoms with E-state index in [0.29, 0.717) is 0 Å². The molecule has 0 unspecified atom stereocenters. The van der Waals surface area contributed by atoms with Crippen LogP contribution in [0.3, 0.4) is 0 Å². The van der Waals surface area contributed by atoms with E-state index in [4.69, 9.17) is 0 Å². The summed E-state index contributed by atoms with van der Waals surface area (Å²) >= 11 is 0. The van der Waals surface area contributed by atoms with E-state index >= 15 is 0 Å². The van der Waals surface area contributed by atoms with Gasteiger partial charge in [-0.05, 0) is 11.2 Å². The molecule has 0 bridgehead atoms. The van der Waals surface area contributed by atoms with Crippen LogP contribution >= 0.6 is 0 Å². The molecule has 0 aliphatic rings. The highest BCUT2D eigenvalue weighted by molar-refractivity contribution is 5.20. The largest absolute Gasteiger partial charge is 1.00 e. The molecule has 0 spiro atoms. The lowest BCUT2D eigenvalue weighted by Crippen LogP contribution is -3.00. The topological polar surface area (TPSA) is 16.8 Å². The van der Waals surface area contributed by atoms with Crippen LogP contribution in [0.4, 0.5) is 0 Å². The summed E-state index contributed by atoms with van der Waals surface area (Å²) in [4.78, 5) is 0. The third-order valence-corrected chi connectivity index (χ3v) is 1.64. The van der Waals surface area contributed by atoms with Crippen molar-refractivity contribution in [2.24, 2.45) is 0 Å². The Bertz CT molecular complexity index is 310. The van der Waals surface area contributed by atoms with E-state index in [1.54, 1.807) is 6.20 Å². The van der Waals surface area contributed by atoms with Gasteiger partial charge in [0, 0.05) is 18.2 Å². The van der Waals surface area contributed by atoms with Crippen molar-refractivity contribution in [1.29, 1.82) is 0 Å². The lowest BCUT2D eigenvalue weighted by Gasteiger charge is -1.89. The minimum atomic E-state index is 0. The van der Waals surface area contributed by atoms with Crippen LogP contribution in [-0.4, -0.2) is 5.10 Å². The van der Waals surface area contributed by atoms with Gasteiger partial charge in [0.2, 0.25) is 11.9 Å². The Morgan fingerprint density at radius 3 is 2.31 bits per heavy atom. The predicted octanol–water partition coefficient (Wildman–Crippen LogP) is -1.64. The van der Waals surface area contributed by atoms with E-state index in [1.807, 2.05) is 53.3 Å². The van der Waals surface area contributed by atoms with Crippen LogP contribution in [0, 0.1) is 0 Å². The molecule has 0 radical (unpaired) electrons. The van der Waals surface area contributed by atoms with Crippen molar-refractivity contribution in [1.82, 2.24) is 5.10 Å². The van der Waals surface area contributed by atoms with Crippen LogP contribution in [0.25, 0.3) is 5.69 Å². The van der Waals surface area contributed by atoms with E-state index in [-0.39, 0.29) is 17.0 Å². The molecule has 0 saturated carbocycles. The van der Waals surface area contributed by atoms with Gasteiger partial charge < -0.3 is 17.0 Å². The maximum atomic E-state index is 4.17. The molecule has 2 nitrogen and oxygen atoms in total. The van der Waals surface area contributed by atoms with Crippen LogP contribution in [0.2, 0.25) is 0 Å². The van der Waals surface area contributed by atoms with E-state index < -0.39 is 0 Å². The normalized spacial score (nSPS) is 8.92. The molecule has 0 saturated heterocycles. The van der Waals surface area contributed by atoms with Crippen LogP contribution in [0.15, 0.2) is 54.9 Å². The summed E-state index contributed by atoms with van der Waals surface area (Å²) in [5, 5.41) is 4.17. The molecule has 0 aliphatic carbocycles. The van der Waals surface area contributed by atoms with E-state index in [0.717, 1.165) is 5.69 Å². The van der Waals surface area contributed by atoms with Gasteiger partial charge in [-0.1, -0.05) is 22.9 Å². The molecule has 1 heterocycles. The fraction of sp³-hybridized carbons (Fsp3) is 0. The van der Waals surface area contributed by atoms with Crippen molar-refractivity contribution in [3.05, 3.63) is 54.9 Å². The molecule has 0 atom stereocenters. The Morgan fingerprint density at radius 1 is 0.923 bits per heavy atom. The van der Waals surface area contributed by atoms with E-state index in [9.17, 15) is 0 Å². The van der Waals surface area contributed by atoms with Gasteiger partial charge in [0.05, 0.1) is 6.20 Å². The minimum absolute atomic E-state index is 0. The first-order valence-corrected chi connectivity index (χ1v) is 3.85. The van der Waals surface area contributed by atoms with Crippen molar-refractivity contribution in [3.8, 4) is 5.69 Å². The summed E-state index contributed by atoms with van der Waals surface area (Å²) in [5.74, 6) is 0. The van der Waals surface area contributed by atoms with Gasteiger partial charge in [-0.15, -0.1) is 0 Å². The number of aromatic nitrogens is 2. The molecule has 66 valence electrons. The maximum absolute atomic E-state index is 4.17. The number of rotatable bonds is 1. The first-order valence-electron chi connectivity index (χ1n) is 3.85. The smallest absolute Gasteiger partial charge is 0.238 e. The fourth-order valence-corrected chi connectivity index (χ4v) is 1.06. The highest BCUT2D eigenvalue weighted by Crippen LogP contribution is 1.94. The van der Waals surface area contributed by atoms with Crippen LogP contribution in [0.5, 0.6) is 0 Å². The number of benzene rings is 1. The van der Waals surface area contributed by atoms with Crippen LogP contribution in [0.1, 0.15) is 0 Å². The second kappa shape index (κ2) is 4.72. The number of para-hydroxylation sites is 1. The summed E-state index contributed by atoms with van der Waals surface area (Å²) in [7, 11) is 0. The zero-order chi connectivity index (χ0) is 8.23. The van der Waals surface area contributed by atoms with Crippen LogP contribution in [-0.2, 0) is 0 Å². The lowest BCUT2D eigenvalue weighted by atomic mass is 10.3. The number of halogens is 1. The Kier molecular flexibility index (Phi) is 3.58. The summed E-state index contributed by atoms with van der Waals surface area (Å²) in [6.07, 6.45) is 3.70. The molecule has 0 N–H and O–H groups in total. The van der Waals surface area contributed by atoms with E-state index in [1.165, 1.54) is 0 Å². The molecular weight excluding hydrogens is 228 g/mol. The van der Waals surface area contributed by atoms with Gasteiger partial charge >= 0.3 is 0 Å². The summed E-state index contributed by atoms with van der Waals surface area (Å²) in [5.41, 5.74) is 1.08. The van der Waals surface area contributed by atoms with Crippen LogP contribution < -0.4 is 21.7 Å². The van der Waals surface area contributed by atoms with Crippen molar-refractivity contribution in [2.45, 2.75) is 0 Å². The fourth-order valence-electron chi connectivity index (χ4n) is 1.06. The molecule has 1 aromatic heterocycles. The highest BCUT2D eigenvalue weighted by atomic mass is 79.9. The van der Waals surface area contributed by atoms with Crippen molar-refractivity contribution in [2.75, 3.05) is 0 Å². The van der Waals surface area contributed by atoms with Gasteiger partial charge in [0.1, 0.15) is 0 Å². The third-order valence-electron chi connectivity index (χ3n) is 1.64. The Labute approximate surface area is 87.6 Å². The maximum Gasteiger partial charge on any atom is 0.238 e. The van der Waals surface area contributed by atoms with Gasteiger partial charge in [-0.3, -0.25) is 0 Å². The highest BCUT2D eigenvalue weighted by Gasteiger charge is 2.02. The van der Waals surface area contributed by atoms with Gasteiger partial charge in [-0.25, -0.2) is 0 Å². The predicted molar refractivity (Wildman–Crippen MR) is 45.8 cm³/mol. The molecule has 0 aliphatic heterocycles. The number of hydrogen-bond donors (Lipinski definition) is 0. The summed E-state index contributed by atoms with van der Waals surface area (Å²) in [6, 6.07) is 13.9. The minimum Gasteiger partial charge on any atom is -1.00 e. The molecule has 2 aromatic rings. The SMILES string of the molecule is [Br-].c1ccc(-[n+]2ccccn2)cc1. The number of hydrogen-bond acceptors (Lipinski definition) is 1. The van der Waals surface area contributed by atoms with E-state index in [2.05, 4.69) is 5.10 Å². The molecule has 3 heteroatoms. The quantitative estimate of drug-likeness (QED) is 0.544. The molecule has 0 fully saturated rings. The average Bonchev–Trinajstić information content (AvgIpc) is 2.21. The first kappa shape index (κ1) is 9.86. The Balaban J connectivity index is 0.000000845. The zero-order valence-corrected chi connectivity index (χ0v) is 8.55. The molecular formula is C10H9BrN2. The molecule has 1 aromatic carbocycles. The Hall–Kier alpha value is -1.22.